The molecule has 4 nitrogen and oxygen atoms in total. The van der Waals surface area contributed by atoms with Crippen molar-refractivity contribution in [1.82, 2.24) is 9.80 Å². The third kappa shape index (κ3) is 4.50. The lowest BCUT2D eigenvalue weighted by molar-refractivity contribution is -0.132. The molecular formula is C26H25FN2O2. The maximum absolute atomic E-state index is 13.6. The van der Waals surface area contributed by atoms with Crippen molar-refractivity contribution in [3.8, 4) is 0 Å². The highest BCUT2D eigenvalue weighted by Crippen LogP contribution is 2.34. The first-order chi connectivity index (χ1) is 15.1. The molecule has 1 aliphatic rings. The number of carbonyl (C=O) groups excluding carboxylic acids is 2. The van der Waals surface area contributed by atoms with Gasteiger partial charge in [-0.25, -0.2) is 4.39 Å². The summed E-state index contributed by atoms with van der Waals surface area (Å²) >= 11 is 0. The van der Waals surface area contributed by atoms with Gasteiger partial charge in [-0.15, -0.1) is 0 Å². The molecule has 0 aliphatic carbocycles. The van der Waals surface area contributed by atoms with Crippen LogP contribution in [0, 0.1) is 5.82 Å². The number of amides is 2. The molecule has 1 atom stereocenters. The van der Waals surface area contributed by atoms with Crippen molar-refractivity contribution in [1.29, 1.82) is 0 Å². The molecule has 5 heteroatoms. The Morgan fingerprint density at radius 3 is 2.35 bits per heavy atom. The Bertz CT molecular complexity index is 1070. The van der Waals surface area contributed by atoms with Gasteiger partial charge in [-0.05, 0) is 41.8 Å². The van der Waals surface area contributed by atoms with Gasteiger partial charge in [0.2, 0.25) is 5.91 Å². The van der Waals surface area contributed by atoms with Gasteiger partial charge < -0.3 is 9.80 Å². The Morgan fingerprint density at radius 1 is 1.00 bits per heavy atom. The minimum absolute atomic E-state index is 0.0376. The minimum Gasteiger partial charge on any atom is -0.339 e. The first kappa shape index (κ1) is 20.8. The monoisotopic (exact) mass is 416 g/mol. The van der Waals surface area contributed by atoms with Gasteiger partial charge in [-0.1, -0.05) is 60.7 Å². The van der Waals surface area contributed by atoms with Crippen LogP contribution in [0.4, 0.5) is 4.39 Å². The van der Waals surface area contributed by atoms with Crippen molar-refractivity contribution in [2.24, 2.45) is 0 Å². The molecule has 3 aromatic rings. The lowest BCUT2D eigenvalue weighted by Gasteiger charge is -2.30. The van der Waals surface area contributed by atoms with Gasteiger partial charge in [0.05, 0.1) is 12.5 Å². The van der Waals surface area contributed by atoms with E-state index in [1.165, 1.54) is 12.1 Å². The van der Waals surface area contributed by atoms with E-state index in [-0.39, 0.29) is 24.1 Å². The van der Waals surface area contributed by atoms with E-state index >= 15 is 0 Å². The number of hydrogen-bond donors (Lipinski definition) is 0. The Labute approximate surface area is 181 Å². The Morgan fingerprint density at radius 2 is 1.68 bits per heavy atom. The Balaban J connectivity index is 1.60. The number of carbonyl (C=O) groups is 2. The Hall–Kier alpha value is -3.47. The molecule has 3 aromatic carbocycles. The van der Waals surface area contributed by atoms with Crippen molar-refractivity contribution in [2.75, 3.05) is 6.54 Å². The third-order valence-electron chi connectivity index (χ3n) is 5.80. The predicted octanol–water partition coefficient (Wildman–Crippen LogP) is 4.96. The predicted molar refractivity (Wildman–Crippen MR) is 118 cm³/mol. The zero-order valence-electron chi connectivity index (χ0n) is 17.5. The largest absolute Gasteiger partial charge is 0.339 e. The number of nitrogens with zero attached hydrogens (tertiary/aromatic N) is 2. The number of rotatable bonds is 7. The summed E-state index contributed by atoms with van der Waals surface area (Å²) in [5.41, 5.74) is 3.43. The molecule has 2 amide bonds. The molecule has 0 N–H and O–H groups in total. The summed E-state index contributed by atoms with van der Waals surface area (Å²) in [6, 6.07) is 23.0. The molecule has 4 rings (SSSR count). The van der Waals surface area contributed by atoms with Crippen molar-refractivity contribution < 1.29 is 14.0 Å². The molecule has 0 saturated carbocycles. The van der Waals surface area contributed by atoms with Crippen molar-refractivity contribution in [3.05, 3.63) is 107 Å². The second-order valence-electron chi connectivity index (χ2n) is 7.76. The second kappa shape index (κ2) is 9.13. The average Bonchev–Trinajstić information content (AvgIpc) is 3.13. The van der Waals surface area contributed by atoms with E-state index in [2.05, 4.69) is 0 Å². The molecule has 0 aromatic heterocycles. The summed E-state index contributed by atoms with van der Waals surface area (Å²) < 4.78 is 13.6. The summed E-state index contributed by atoms with van der Waals surface area (Å²) in [6.07, 6.45) is 0.145. The summed E-state index contributed by atoms with van der Waals surface area (Å²) in [5.74, 6) is -0.475. The van der Waals surface area contributed by atoms with E-state index in [1.54, 1.807) is 21.9 Å². The molecule has 0 saturated heterocycles. The van der Waals surface area contributed by atoms with E-state index in [0.29, 0.717) is 25.2 Å². The number of halogens is 1. The third-order valence-corrected chi connectivity index (χ3v) is 5.80. The fourth-order valence-electron chi connectivity index (χ4n) is 4.10. The fourth-order valence-corrected chi connectivity index (χ4v) is 4.10. The highest BCUT2D eigenvalue weighted by molar-refractivity contribution is 5.98. The summed E-state index contributed by atoms with van der Waals surface area (Å²) in [5, 5.41) is 0. The van der Waals surface area contributed by atoms with Crippen molar-refractivity contribution >= 4 is 11.8 Å². The van der Waals surface area contributed by atoms with Crippen LogP contribution in [0.3, 0.4) is 0 Å². The molecule has 0 spiro atoms. The van der Waals surface area contributed by atoms with E-state index in [0.717, 1.165) is 16.7 Å². The standard InChI is InChI=1S/C26H25FN2O2/c1-2-28(17-19-8-4-3-5-9-19)25(30)16-24(20-12-14-22(27)15-13-20)29-18-21-10-6-7-11-23(21)26(29)31/h3-15,24H,2,16-18H2,1H3. The molecular weight excluding hydrogens is 391 g/mol. The molecule has 1 unspecified atom stereocenters. The maximum atomic E-state index is 13.6. The highest BCUT2D eigenvalue weighted by atomic mass is 19.1. The van der Waals surface area contributed by atoms with Crippen LogP contribution in [0.5, 0.6) is 0 Å². The number of hydrogen-bond acceptors (Lipinski definition) is 2. The summed E-state index contributed by atoms with van der Waals surface area (Å²) in [4.78, 5) is 29.9. The summed E-state index contributed by atoms with van der Waals surface area (Å²) in [7, 11) is 0. The summed E-state index contributed by atoms with van der Waals surface area (Å²) in [6.45, 7) is 3.47. The van der Waals surface area contributed by atoms with Gasteiger partial charge in [-0.3, -0.25) is 9.59 Å². The maximum Gasteiger partial charge on any atom is 0.255 e. The number of fused-ring (bicyclic) bond motifs is 1. The van der Waals surface area contributed by atoms with Crippen molar-refractivity contribution in [3.63, 3.8) is 0 Å². The molecule has 0 radical (unpaired) electrons. The van der Waals surface area contributed by atoms with Gasteiger partial charge >= 0.3 is 0 Å². The average molecular weight is 416 g/mol. The molecule has 1 aliphatic heterocycles. The smallest absolute Gasteiger partial charge is 0.255 e. The normalized spacial score (nSPS) is 13.7. The van der Waals surface area contributed by atoms with Gasteiger partial charge in [-0.2, -0.15) is 0 Å². The first-order valence-corrected chi connectivity index (χ1v) is 10.5. The van der Waals surface area contributed by atoms with Crippen LogP contribution in [0.25, 0.3) is 0 Å². The molecule has 158 valence electrons. The van der Waals surface area contributed by atoms with Crippen LogP contribution in [0.15, 0.2) is 78.9 Å². The zero-order valence-corrected chi connectivity index (χ0v) is 17.5. The lowest BCUT2D eigenvalue weighted by atomic mass is 10.0. The highest BCUT2D eigenvalue weighted by Gasteiger charge is 2.35. The Kier molecular flexibility index (Phi) is 6.12. The SMILES string of the molecule is CCN(Cc1ccccc1)C(=O)CC(c1ccc(F)cc1)N1Cc2ccccc2C1=O. The molecule has 0 fully saturated rings. The topological polar surface area (TPSA) is 40.6 Å². The van der Waals surface area contributed by atoms with Crippen molar-refractivity contribution in [2.45, 2.75) is 32.5 Å². The zero-order chi connectivity index (χ0) is 21.8. The van der Waals surface area contributed by atoms with E-state index < -0.39 is 6.04 Å². The van der Waals surface area contributed by atoms with Gasteiger partial charge in [0.15, 0.2) is 0 Å². The van der Waals surface area contributed by atoms with Crippen LogP contribution in [0.2, 0.25) is 0 Å². The van der Waals surface area contributed by atoms with E-state index in [4.69, 9.17) is 0 Å². The van der Waals surface area contributed by atoms with Gasteiger partial charge in [0.25, 0.3) is 5.91 Å². The first-order valence-electron chi connectivity index (χ1n) is 10.5. The van der Waals surface area contributed by atoms with E-state index in [1.807, 2.05) is 61.5 Å². The quantitative estimate of drug-likeness (QED) is 0.546. The molecule has 0 bridgehead atoms. The van der Waals surface area contributed by atoms with E-state index in [9.17, 15) is 14.0 Å². The molecule has 1 heterocycles. The lowest BCUT2D eigenvalue weighted by Crippen LogP contribution is -2.36. The van der Waals surface area contributed by atoms with Crippen LogP contribution < -0.4 is 0 Å². The minimum atomic E-state index is -0.460. The van der Waals surface area contributed by atoms with Gasteiger partial charge in [0, 0.05) is 25.2 Å². The number of benzene rings is 3. The molecule has 31 heavy (non-hydrogen) atoms. The second-order valence-corrected chi connectivity index (χ2v) is 7.76. The van der Waals surface area contributed by atoms with Gasteiger partial charge in [0.1, 0.15) is 5.82 Å². The van der Waals surface area contributed by atoms with Crippen LogP contribution >= 0.6 is 0 Å². The van der Waals surface area contributed by atoms with Crippen LogP contribution in [-0.2, 0) is 17.9 Å². The fraction of sp³-hybridized carbons (Fsp3) is 0.231. The van der Waals surface area contributed by atoms with Crippen LogP contribution in [0.1, 0.15) is 46.4 Å². The van der Waals surface area contributed by atoms with Crippen LogP contribution in [-0.4, -0.2) is 28.2 Å².